The van der Waals surface area contributed by atoms with Gasteiger partial charge < -0.3 is 0 Å². The molecule has 1 atom stereocenters. The molecule has 0 fully saturated rings. The average Bonchev–Trinajstić information content (AvgIpc) is 2.19. The van der Waals surface area contributed by atoms with E-state index in [9.17, 15) is 17.6 Å². The zero-order valence-electron chi connectivity index (χ0n) is 7.68. The third kappa shape index (κ3) is 3.17. The van der Waals surface area contributed by atoms with E-state index in [0.717, 1.165) is 12.1 Å². The topological polar surface area (TPSA) is 38.0 Å². The molecule has 0 amide bonds. The molecule has 2 nitrogen and oxygen atoms in total. The largest absolute Gasteiger partial charge is 0.271 e. The van der Waals surface area contributed by atoms with Gasteiger partial charge in [-0.05, 0) is 24.1 Å². The molecule has 0 heterocycles. The summed E-state index contributed by atoms with van der Waals surface area (Å²) < 4.78 is 49.7. The van der Waals surface area contributed by atoms with Gasteiger partial charge in [-0.2, -0.15) is 0 Å². The van der Waals surface area contributed by atoms with Gasteiger partial charge >= 0.3 is 0 Å². The lowest BCUT2D eigenvalue weighted by Gasteiger charge is -2.14. The van der Waals surface area contributed by atoms with E-state index < -0.39 is 24.1 Å². The molecule has 0 aliphatic carbocycles. The fourth-order valence-corrected chi connectivity index (χ4v) is 1.14. The van der Waals surface area contributed by atoms with E-state index in [-0.39, 0.29) is 12.0 Å². The summed E-state index contributed by atoms with van der Waals surface area (Å²) in [6.45, 7) is 0. The zero-order chi connectivity index (χ0) is 11.4. The molecule has 0 aromatic heterocycles. The minimum absolute atomic E-state index is 0.161. The molecule has 0 saturated heterocycles. The summed E-state index contributed by atoms with van der Waals surface area (Å²) >= 11 is 0. The van der Waals surface area contributed by atoms with E-state index in [2.05, 4.69) is 0 Å². The maximum absolute atomic E-state index is 12.7. The molecular formula is C9H10F4N2. The van der Waals surface area contributed by atoms with Crippen LogP contribution in [-0.2, 0) is 6.42 Å². The number of rotatable bonds is 4. The first-order chi connectivity index (χ1) is 7.04. The lowest BCUT2D eigenvalue weighted by molar-refractivity contribution is 0.0984. The lowest BCUT2D eigenvalue weighted by Crippen LogP contribution is -2.42. The molecule has 0 radical (unpaired) electrons. The maximum Gasteiger partial charge on any atom is 0.255 e. The Hall–Kier alpha value is -1.14. The second-order valence-electron chi connectivity index (χ2n) is 3.06. The summed E-state index contributed by atoms with van der Waals surface area (Å²) in [5, 5.41) is 0. The molecule has 1 aromatic carbocycles. The highest BCUT2D eigenvalue weighted by Gasteiger charge is 2.19. The van der Waals surface area contributed by atoms with Crippen LogP contribution >= 0.6 is 0 Å². The van der Waals surface area contributed by atoms with Crippen LogP contribution in [0.3, 0.4) is 0 Å². The van der Waals surface area contributed by atoms with Gasteiger partial charge in [-0.15, -0.1) is 0 Å². The monoisotopic (exact) mass is 222 g/mol. The van der Waals surface area contributed by atoms with Crippen molar-refractivity contribution in [2.75, 3.05) is 0 Å². The Morgan fingerprint density at radius 2 is 1.87 bits per heavy atom. The third-order valence-electron chi connectivity index (χ3n) is 1.96. The van der Waals surface area contributed by atoms with Crippen molar-refractivity contribution < 1.29 is 17.6 Å². The molecule has 0 spiro atoms. The van der Waals surface area contributed by atoms with Crippen LogP contribution in [0.5, 0.6) is 0 Å². The zero-order valence-corrected chi connectivity index (χ0v) is 7.68. The van der Waals surface area contributed by atoms with Gasteiger partial charge in [-0.25, -0.2) is 17.6 Å². The van der Waals surface area contributed by atoms with Crippen LogP contribution in [-0.4, -0.2) is 12.5 Å². The van der Waals surface area contributed by atoms with Crippen molar-refractivity contribution in [2.24, 2.45) is 5.84 Å². The molecule has 6 heteroatoms. The molecule has 84 valence electrons. The van der Waals surface area contributed by atoms with E-state index in [1.54, 1.807) is 0 Å². The Balaban J connectivity index is 2.75. The van der Waals surface area contributed by atoms with Crippen LogP contribution in [0, 0.1) is 11.6 Å². The molecule has 3 N–H and O–H groups in total. The van der Waals surface area contributed by atoms with Crippen molar-refractivity contribution in [2.45, 2.75) is 18.9 Å². The summed E-state index contributed by atoms with van der Waals surface area (Å²) in [5.41, 5.74) is 2.18. The summed E-state index contributed by atoms with van der Waals surface area (Å²) in [5.74, 6) is 2.83. The van der Waals surface area contributed by atoms with Crippen LogP contribution in [0.2, 0.25) is 0 Å². The van der Waals surface area contributed by atoms with E-state index in [1.165, 1.54) is 6.07 Å². The standard InChI is InChI=1S/C9H10F4N2/c10-6-2-1-5(3-7(6)11)4-8(15-14)9(12)13/h1-3,8-9,15H,4,14H2. The van der Waals surface area contributed by atoms with Crippen molar-refractivity contribution in [3.8, 4) is 0 Å². The van der Waals surface area contributed by atoms with Crippen molar-refractivity contribution in [3.05, 3.63) is 35.4 Å². The second kappa shape index (κ2) is 5.09. The van der Waals surface area contributed by atoms with Gasteiger partial charge in [0.15, 0.2) is 11.6 Å². The normalized spacial score (nSPS) is 13.2. The molecule has 15 heavy (non-hydrogen) atoms. The lowest BCUT2D eigenvalue weighted by atomic mass is 10.1. The van der Waals surface area contributed by atoms with Gasteiger partial charge in [-0.3, -0.25) is 11.3 Å². The highest BCUT2D eigenvalue weighted by Crippen LogP contribution is 2.12. The highest BCUT2D eigenvalue weighted by molar-refractivity contribution is 5.18. The molecule has 0 aliphatic rings. The van der Waals surface area contributed by atoms with Gasteiger partial charge in [0, 0.05) is 0 Å². The van der Waals surface area contributed by atoms with Gasteiger partial charge in [-0.1, -0.05) is 6.07 Å². The molecule has 1 aromatic rings. The minimum atomic E-state index is -2.66. The Morgan fingerprint density at radius 3 is 2.33 bits per heavy atom. The van der Waals surface area contributed by atoms with Crippen LogP contribution in [0.15, 0.2) is 18.2 Å². The Bertz CT molecular complexity index is 330. The highest BCUT2D eigenvalue weighted by atomic mass is 19.3. The van der Waals surface area contributed by atoms with E-state index in [0.29, 0.717) is 0 Å². The number of nitrogens with one attached hydrogen (secondary N) is 1. The van der Waals surface area contributed by atoms with Crippen LogP contribution in [0.25, 0.3) is 0 Å². The number of hydrogen-bond acceptors (Lipinski definition) is 2. The number of hydrogen-bond donors (Lipinski definition) is 2. The number of nitrogens with two attached hydrogens (primary N) is 1. The Morgan fingerprint density at radius 1 is 1.20 bits per heavy atom. The molecule has 1 rings (SSSR count). The van der Waals surface area contributed by atoms with Crippen molar-refractivity contribution in [3.63, 3.8) is 0 Å². The number of alkyl halides is 2. The first kappa shape index (κ1) is 11.9. The SMILES string of the molecule is NNC(Cc1ccc(F)c(F)c1)C(F)F. The summed E-state index contributed by atoms with van der Waals surface area (Å²) in [4.78, 5) is 0. The van der Waals surface area contributed by atoms with Gasteiger partial charge in [0.25, 0.3) is 6.43 Å². The fourth-order valence-electron chi connectivity index (χ4n) is 1.14. The van der Waals surface area contributed by atoms with E-state index in [4.69, 9.17) is 5.84 Å². The summed E-state index contributed by atoms with van der Waals surface area (Å²) in [7, 11) is 0. The first-order valence-electron chi connectivity index (χ1n) is 4.22. The second-order valence-corrected chi connectivity index (χ2v) is 3.06. The van der Waals surface area contributed by atoms with Crippen molar-refractivity contribution in [1.29, 1.82) is 0 Å². The maximum atomic E-state index is 12.7. The first-order valence-corrected chi connectivity index (χ1v) is 4.22. The molecular weight excluding hydrogens is 212 g/mol. The minimum Gasteiger partial charge on any atom is -0.271 e. The van der Waals surface area contributed by atoms with Crippen LogP contribution < -0.4 is 11.3 Å². The van der Waals surface area contributed by atoms with Gasteiger partial charge in [0.05, 0.1) is 6.04 Å². The van der Waals surface area contributed by atoms with E-state index in [1.807, 2.05) is 5.43 Å². The molecule has 1 unspecified atom stereocenters. The van der Waals surface area contributed by atoms with Crippen LogP contribution in [0.1, 0.15) is 5.56 Å². The molecule has 0 aliphatic heterocycles. The Kier molecular flexibility index (Phi) is 4.05. The summed E-state index contributed by atoms with van der Waals surface area (Å²) in [6.07, 6.45) is -2.83. The van der Waals surface area contributed by atoms with Crippen molar-refractivity contribution in [1.82, 2.24) is 5.43 Å². The van der Waals surface area contributed by atoms with Crippen LogP contribution in [0.4, 0.5) is 17.6 Å². The molecule has 0 saturated carbocycles. The van der Waals surface area contributed by atoms with E-state index >= 15 is 0 Å². The fraction of sp³-hybridized carbons (Fsp3) is 0.333. The van der Waals surface area contributed by atoms with Crippen molar-refractivity contribution >= 4 is 0 Å². The summed E-state index contributed by atoms with van der Waals surface area (Å²) in [6, 6.07) is 1.74. The predicted molar refractivity (Wildman–Crippen MR) is 47.2 cm³/mol. The molecule has 0 bridgehead atoms. The number of halogens is 4. The third-order valence-corrected chi connectivity index (χ3v) is 1.96. The average molecular weight is 222 g/mol. The van der Waals surface area contributed by atoms with Gasteiger partial charge in [0.2, 0.25) is 0 Å². The number of hydrazine groups is 1. The smallest absolute Gasteiger partial charge is 0.255 e. The predicted octanol–water partition coefficient (Wildman–Crippen LogP) is 1.60. The quantitative estimate of drug-likeness (QED) is 0.461. The van der Waals surface area contributed by atoms with Gasteiger partial charge in [0.1, 0.15) is 0 Å². The number of benzene rings is 1. The Labute approximate surface area is 84.0 Å².